The van der Waals surface area contributed by atoms with E-state index in [0.717, 1.165) is 28.9 Å². The number of fused-ring (bicyclic) bond motifs is 1. The average Bonchev–Trinajstić information content (AvgIpc) is 2.66. The van der Waals surface area contributed by atoms with Crippen molar-refractivity contribution in [3.05, 3.63) is 81.3 Å². The van der Waals surface area contributed by atoms with Crippen molar-refractivity contribution in [3.8, 4) is 11.4 Å². The van der Waals surface area contributed by atoms with E-state index in [1.165, 1.54) is 6.07 Å². The van der Waals surface area contributed by atoms with Crippen LogP contribution in [0.5, 0.6) is 0 Å². The second-order valence-corrected chi connectivity index (χ2v) is 6.57. The lowest BCUT2D eigenvalue weighted by molar-refractivity contribution is 0.240. The number of nitrogens with zero attached hydrogens (tertiary/aromatic N) is 3. The van der Waals surface area contributed by atoms with Gasteiger partial charge in [0.25, 0.3) is 5.56 Å². The predicted octanol–water partition coefficient (Wildman–Crippen LogP) is 2.84. The van der Waals surface area contributed by atoms with Crippen LogP contribution in [0.3, 0.4) is 0 Å². The summed E-state index contributed by atoms with van der Waals surface area (Å²) in [5.74, 6) is 0.346. The highest BCUT2D eigenvalue weighted by Gasteiger charge is 2.22. The summed E-state index contributed by atoms with van der Waals surface area (Å²) in [6.07, 6.45) is 4.00. The Morgan fingerprint density at radius 1 is 1.27 bits per heavy atom. The number of nitrogens with one attached hydrogen (secondary N) is 1. The zero-order chi connectivity index (χ0) is 18.1. The summed E-state index contributed by atoms with van der Waals surface area (Å²) >= 11 is 0. The summed E-state index contributed by atoms with van der Waals surface area (Å²) in [4.78, 5) is 26.2. The summed E-state index contributed by atoms with van der Waals surface area (Å²) in [5, 5.41) is 0. The summed E-state index contributed by atoms with van der Waals surface area (Å²) in [6.45, 7) is 3.76. The van der Waals surface area contributed by atoms with Crippen LogP contribution in [-0.2, 0) is 19.5 Å². The highest BCUT2D eigenvalue weighted by Crippen LogP contribution is 2.21. The molecule has 26 heavy (non-hydrogen) atoms. The van der Waals surface area contributed by atoms with E-state index in [1.54, 1.807) is 25.4 Å². The van der Waals surface area contributed by atoms with Crippen LogP contribution in [0, 0.1) is 12.7 Å². The molecule has 0 fully saturated rings. The fraction of sp³-hybridized carbons (Fsp3) is 0.250. The maximum Gasteiger partial charge on any atom is 0.254 e. The first-order valence-electron chi connectivity index (χ1n) is 8.60. The number of aromatic amines is 1. The van der Waals surface area contributed by atoms with E-state index in [2.05, 4.69) is 19.9 Å². The number of hydrogen-bond acceptors (Lipinski definition) is 4. The van der Waals surface area contributed by atoms with Crippen LogP contribution in [0.4, 0.5) is 4.39 Å². The smallest absolute Gasteiger partial charge is 0.254 e. The highest BCUT2D eigenvalue weighted by molar-refractivity contribution is 5.53. The van der Waals surface area contributed by atoms with Gasteiger partial charge in [-0.25, -0.2) is 9.37 Å². The molecule has 0 bridgehead atoms. The maximum atomic E-state index is 13.8. The van der Waals surface area contributed by atoms with Gasteiger partial charge in [-0.1, -0.05) is 12.1 Å². The number of aromatic nitrogens is 3. The molecule has 0 unspecified atom stereocenters. The van der Waals surface area contributed by atoms with E-state index in [0.29, 0.717) is 30.9 Å². The molecule has 132 valence electrons. The molecule has 0 aliphatic carbocycles. The van der Waals surface area contributed by atoms with Crippen LogP contribution in [0.15, 0.2) is 47.5 Å². The standard InChI is InChI=1S/C20H19FN4O/c1-13-15(4-2-6-17(13)21)11-25-9-7-16-18(12-25)23-19(24-20(16)26)14-5-3-8-22-10-14/h2-6,8,10H,7,9,11-12H2,1H3,(H,23,24,26). The monoisotopic (exact) mass is 350 g/mol. The molecule has 0 saturated heterocycles. The molecule has 0 amide bonds. The molecule has 1 aliphatic rings. The molecule has 2 aromatic heterocycles. The van der Waals surface area contributed by atoms with Crippen LogP contribution in [0.2, 0.25) is 0 Å². The number of benzene rings is 1. The Hall–Kier alpha value is -2.86. The minimum Gasteiger partial charge on any atom is -0.306 e. The first kappa shape index (κ1) is 16.6. The highest BCUT2D eigenvalue weighted by atomic mass is 19.1. The second-order valence-electron chi connectivity index (χ2n) is 6.57. The van der Waals surface area contributed by atoms with Gasteiger partial charge in [0.2, 0.25) is 0 Å². The van der Waals surface area contributed by atoms with Crippen LogP contribution < -0.4 is 5.56 Å². The fourth-order valence-electron chi connectivity index (χ4n) is 3.33. The third-order valence-corrected chi connectivity index (χ3v) is 4.86. The molecule has 0 spiro atoms. The van der Waals surface area contributed by atoms with Gasteiger partial charge in [0, 0.05) is 43.2 Å². The average molecular weight is 350 g/mol. The third-order valence-electron chi connectivity index (χ3n) is 4.86. The predicted molar refractivity (Wildman–Crippen MR) is 97.0 cm³/mol. The van der Waals surface area contributed by atoms with Crippen molar-refractivity contribution < 1.29 is 4.39 Å². The van der Waals surface area contributed by atoms with Crippen LogP contribution >= 0.6 is 0 Å². The Morgan fingerprint density at radius 2 is 2.15 bits per heavy atom. The lowest BCUT2D eigenvalue weighted by Gasteiger charge is -2.28. The topological polar surface area (TPSA) is 61.9 Å². The first-order valence-corrected chi connectivity index (χ1v) is 8.60. The first-order chi connectivity index (χ1) is 12.6. The molecule has 5 nitrogen and oxygen atoms in total. The van der Waals surface area contributed by atoms with Gasteiger partial charge in [-0.05, 0) is 42.7 Å². The zero-order valence-electron chi connectivity index (χ0n) is 14.5. The Kier molecular flexibility index (Phi) is 4.34. The summed E-state index contributed by atoms with van der Waals surface area (Å²) in [7, 11) is 0. The minimum absolute atomic E-state index is 0.0876. The van der Waals surface area contributed by atoms with Crippen molar-refractivity contribution in [1.82, 2.24) is 19.9 Å². The maximum absolute atomic E-state index is 13.8. The van der Waals surface area contributed by atoms with Gasteiger partial charge in [-0.15, -0.1) is 0 Å². The van der Waals surface area contributed by atoms with Crippen molar-refractivity contribution in [2.45, 2.75) is 26.4 Å². The van der Waals surface area contributed by atoms with Crippen molar-refractivity contribution in [2.24, 2.45) is 0 Å². The lowest BCUT2D eigenvalue weighted by Crippen LogP contribution is -2.35. The molecular weight excluding hydrogens is 331 g/mol. The van der Waals surface area contributed by atoms with E-state index in [9.17, 15) is 9.18 Å². The molecule has 3 heterocycles. The van der Waals surface area contributed by atoms with Gasteiger partial charge in [0.15, 0.2) is 0 Å². The zero-order valence-corrected chi connectivity index (χ0v) is 14.5. The number of rotatable bonds is 3. The fourth-order valence-corrected chi connectivity index (χ4v) is 3.33. The van der Waals surface area contributed by atoms with E-state index >= 15 is 0 Å². The minimum atomic E-state index is -0.187. The largest absolute Gasteiger partial charge is 0.306 e. The number of halogens is 1. The van der Waals surface area contributed by atoms with Crippen LogP contribution in [0.25, 0.3) is 11.4 Å². The van der Waals surface area contributed by atoms with Gasteiger partial charge < -0.3 is 4.98 Å². The molecule has 1 aliphatic heterocycles. The quantitative estimate of drug-likeness (QED) is 0.789. The molecule has 0 radical (unpaired) electrons. The molecule has 3 aromatic rings. The summed E-state index contributed by atoms with van der Waals surface area (Å²) < 4.78 is 13.8. The molecule has 1 aromatic carbocycles. The molecule has 0 saturated carbocycles. The van der Waals surface area contributed by atoms with Gasteiger partial charge in [0.1, 0.15) is 11.6 Å². The van der Waals surface area contributed by atoms with E-state index in [4.69, 9.17) is 0 Å². The Morgan fingerprint density at radius 3 is 2.96 bits per heavy atom. The van der Waals surface area contributed by atoms with Gasteiger partial charge in [-0.2, -0.15) is 0 Å². The summed E-state index contributed by atoms with van der Waals surface area (Å²) in [6, 6.07) is 8.84. The number of H-pyrrole nitrogens is 1. The molecule has 0 atom stereocenters. The van der Waals surface area contributed by atoms with Crippen molar-refractivity contribution in [1.29, 1.82) is 0 Å². The molecule has 4 rings (SSSR count). The molecule has 6 heteroatoms. The van der Waals surface area contributed by atoms with Crippen molar-refractivity contribution >= 4 is 0 Å². The Bertz CT molecular complexity index is 1000. The Balaban J connectivity index is 1.63. The Labute approximate surface area is 150 Å². The SMILES string of the molecule is Cc1c(F)cccc1CN1CCc2c(nc(-c3cccnc3)[nH]c2=O)C1. The third kappa shape index (κ3) is 3.15. The van der Waals surface area contributed by atoms with Crippen LogP contribution in [-0.4, -0.2) is 26.4 Å². The van der Waals surface area contributed by atoms with Gasteiger partial charge >= 0.3 is 0 Å². The van der Waals surface area contributed by atoms with E-state index in [-0.39, 0.29) is 11.4 Å². The molecular formula is C20H19FN4O. The molecule has 1 N–H and O–H groups in total. The van der Waals surface area contributed by atoms with Gasteiger partial charge in [0.05, 0.1) is 5.69 Å². The number of pyridine rings is 1. The van der Waals surface area contributed by atoms with Crippen molar-refractivity contribution in [3.63, 3.8) is 0 Å². The van der Waals surface area contributed by atoms with E-state index in [1.807, 2.05) is 18.2 Å². The van der Waals surface area contributed by atoms with Gasteiger partial charge in [-0.3, -0.25) is 14.7 Å². The van der Waals surface area contributed by atoms with Crippen LogP contribution in [0.1, 0.15) is 22.4 Å². The van der Waals surface area contributed by atoms with Crippen molar-refractivity contribution in [2.75, 3.05) is 6.54 Å². The normalized spacial score (nSPS) is 14.2. The lowest BCUT2D eigenvalue weighted by atomic mass is 10.0. The summed E-state index contributed by atoms with van der Waals surface area (Å²) in [5.41, 5.74) is 3.86. The number of hydrogen-bond donors (Lipinski definition) is 1. The van der Waals surface area contributed by atoms with E-state index < -0.39 is 0 Å². The second kappa shape index (κ2) is 6.80.